The van der Waals surface area contributed by atoms with E-state index in [0.29, 0.717) is 25.7 Å². The number of hydrogen-bond donors (Lipinski definition) is 3. The largest absolute Gasteiger partial charge is 0.393 e. The van der Waals surface area contributed by atoms with Crippen molar-refractivity contribution in [2.75, 3.05) is 13.6 Å². The molecule has 1 aromatic rings. The zero-order valence-corrected chi connectivity index (χ0v) is 18.9. The van der Waals surface area contributed by atoms with E-state index in [4.69, 9.17) is 0 Å². The fourth-order valence-corrected chi connectivity index (χ4v) is 4.13. The van der Waals surface area contributed by atoms with E-state index in [2.05, 4.69) is 6.08 Å². The molecule has 1 fully saturated rings. The van der Waals surface area contributed by atoms with Gasteiger partial charge in [-0.15, -0.1) is 0 Å². The Morgan fingerprint density at radius 3 is 2.65 bits per heavy atom. The van der Waals surface area contributed by atoms with Gasteiger partial charge in [-0.2, -0.15) is 0 Å². The number of allylic oxidation sites excluding steroid dienone is 2. The van der Waals surface area contributed by atoms with E-state index in [1.165, 1.54) is 5.56 Å². The van der Waals surface area contributed by atoms with Gasteiger partial charge in [0, 0.05) is 32.4 Å². The van der Waals surface area contributed by atoms with Crippen molar-refractivity contribution in [2.45, 2.75) is 70.2 Å². The van der Waals surface area contributed by atoms with Crippen LogP contribution < -0.4 is 0 Å². The molecule has 172 valence electrons. The number of aryl methyl sites for hydroxylation is 1. The summed E-state index contributed by atoms with van der Waals surface area (Å²) in [5.74, 6) is -0.0521. The van der Waals surface area contributed by atoms with Crippen LogP contribution in [0.1, 0.15) is 51.0 Å². The summed E-state index contributed by atoms with van der Waals surface area (Å²) in [6.07, 6.45) is 10.7. The Morgan fingerprint density at radius 1 is 1.19 bits per heavy atom. The van der Waals surface area contributed by atoms with Gasteiger partial charge in [0.2, 0.25) is 5.91 Å². The van der Waals surface area contributed by atoms with Crippen LogP contribution in [-0.2, 0) is 11.2 Å². The molecule has 1 aromatic carbocycles. The monoisotopic (exact) mass is 429 g/mol. The smallest absolute Gasteiger partial charge is 0.222 e. The van der Waals surface area contributed by atoms with Gasteiger partial charge < -0.3 is 20.2 Å². The van der Waals surface area contributed by atoms with E-state index >= 15 is 0 Å². The van der Waals surface area contributed by atoms with Crippen molar-refractivity contribution >= 4 is 5.91 Å². The molecule has 0 unspecified atom stereocenters. The zero-order chi connectivity index (χ0) is 22.6. The SMILES string of the molecule is CCN(C)C(=O)CCC/C=C\C[C@@H]1[C@@H](/C=C/[C@@H](O)CCc2ccccc2)[C@H](O)C[C@@H]1O. The summed E-state index contributed by atoms with van der Waals surface area (Å²) >= 11 is 0. The minimum Gasteiger partial charge on any atom is -0.393 e. The lowest BCUT2D eigenvalue weighted by Gasteiger charge is -2.19. The summed E-state index contributed by atoms with van der Waals surface area (Å²) in [6.45, 7) is 2.69. The maximum atomic E-state index is 11.8. The lowest BCUT2D eigenvalue weighted by molar-refractivity contribution is -0.129. The van der Waals surface area contributed by atoms with E-state index in [0.717, 1.165) is 25.8 Å². The Balaban J connectivity index is 1.78. The first-order chi connectivity index (χ1) is 14.9. The molecule has 5 heteroatoms. The highest BCUT2D eigenvalue weighted by atomic mass is 16.3. The molecule has 0 radical (unpaired) electrons. The first-order valence-corrected chi connectivity index (χ1v) is 11.6. The number of rotatable bonds is 12. The van der Waals surface area contributed by atoms with Crippen LogP contribution in [0.25, 0.3) is 0 Å². The molecule has 0 aromatic heterocycles. The molecule has 1 amide bonds. The van der Waals surface area contributed by atoms with E-state index in [1.54, 1.807) is 11.0 Å². The maximum absolute atomic E-state index is 11.8. The predicted molar refractivity (Wildman–Crippen MR) is 124 cm³/mol. The first kappa shape index (κ1) is 25.3. The van der Waals surface area contributed by atoms with Crippen molar-refractivity contribution in [3.05, 3.63) is 60.2 Å². The highest BCUT2D eigenvalue weighted by molar-refractivity contribution is 5.75. The Kier molecular flexibility index (Phi) is 11.0. The van der Waals surface area contributed by atoms with E-state index in [9.17, 15) is 20.1 Å². The number of unbranched alkanes of at least 4 members (excludes halogenated alkanes) is 1. The summed E-state index contributed by atoms with van der Waals surface area (Å²) in [4.78, 5) is 13.5. The van der Waals surface area contributed by atoms with Crippen LogP contribution in [-0.4, -0.2) is 58.0 Å². The van der Waals surface area contributed by atoms with Gasteiger partial charge in [-0.3, -0.25) is 4.79 Å². The number of carbonyl (C=O) groups is 1. The zero-order valence-electron chi connectivity index (χ0n) is 18.9. The van der Waals surface area contributed by atoms with Crippen LogP contribution in [0.5, 0.6) is 0 Å². The molecule has 1 aliphatic rings. The van der Waals surface area contributed by atoms with Gasteiger partial charge in [0.25, 0.3) is 0 Å². The Hall–Kier alpha value is -1.95. The van der Waals surface area contributed by atoms with Crippen molar-refractivity contribution in [2.24, 2.45) is 11.8 Å². The fourth-order valence-electron chi connectivity index (χ4n) is 4.13. The fraction of sp³-hybridized carbons (Fsp3) is 0.577. The number of amides is 1. The van der Waals surface area contributed by atoms with E-state index in [1.807, 2.05) is 56.5 Å². The minimum absolute atomic E-state index is 0.0586. The summed E-state index contributed by atoms with van der Waals surface area (Å²) in [5, 5.41) is 31.0. The van der Waals surface area contributed by atoms with Crippen LogP contribution in [0.2, 0.25) is 0 Å². The van der Waals surface area contributed by atoms with Crippen LogP contribution in [0, 0.1) is 11.8 Å². The summed E-state index contributed by atoms with van der Waals surface area (Å²) in [6, 6.07) is 10.1. The molecule has 5 nitrogen and oxygen atoms in total. The molecular weight excluding hydrogens is 390 g/mol. The topological polar surface area (TPSA) is 81.0 Å². The normalized spacial score (nSPS) is 24.8. The third kappa shape index (κ3) is 8.60. The lowest BCUT2D eigenvalue weighted by Crippen LogP contribution is -2.25. The summed E-state index contributed by atoms with van der Waals surface area (Å²) in [7, 11) is 1.82. The molecule has 0 bridgehead atoms. The van der Waals surface area contributed by atoms with Gasteiger partial charge in [0.05, 0.1) is 18.3 Å². The molecule has 1 aliphatic carbocycles. The molecule has 0 aliphatic heterocycles. The lowest BCUT2D eigenvalue weighted by atomic mass is 9.89. The Labute approximate surface area is 187 Å². The number of carbonyl (C=O) groups excluding carboxylic acids is 1. The van der Waals surface area contributed by atoms with Gasteiger partial charge in [-0.25, -0.2) is 0 Å². The molecular formula is C26H39NO4. The maximum Gasteiger partial charge on any atom is 0.222 e. The average Bonchev–Trinajstić information content (AvgIpc) is 3.05. The second kappa shape index (κ2) is 13.5. The van der Waals surface area contributed by atoms with E-state index in [-0.39, 0.29) is 17.7 Å². The van der Waals surface area contributed by atoms with Gasteiger partial charge in [-0.1, -0.05) is 54.6 Å². The molecule has 0 spiro atoms. The average molecular weight is 430 g/mol. The second-order valence-electron chi connectivity index (χ2n) is 8.60. The number of hydrogen-bond acceptors (Lipinski definition) is 4. The highest BCUT2D eigenvalue weighted by Crippen LogP contribution is 2.36. The van der Waals surface area contributed by atoms with Crippen molar-refractivity contribution in [1.29, 1.82) is 0 Å². The third-order valence-electron chi connectivity index (χ3n) is 6.28. The number of nitrogens with zero attached hydrogens (tertiary/aromatic N) is 1. The standard InChI is InChI=1S/C26H39NO4/c1-3-27(2)26(31)14-10-5-4-9-13-22-23(25(30)19-24(22)29)18-17-21(28)16-15-20-11-7-6-8-12-20/h4,6-9,11-12,17-18,21-25,28-30H,3,5,10,13-16,19H2,1-2H3/b9-4-,18-17+/t21-,22+,23+,24-,25+/m0/s1. The summed E-state index contributed by atoms with van der Waals surface area (Å²) < 4.78 is 0. The van der Waals surface area contributed by atoms with Crippen molar-refractivity contribution < 1.29 is 20.1 Å². The van der Waals surface area contributed by atoms with Crippen LogP contribution in [0.4, 0.5) is 0 Å². The van der Waals surface area contributed by atoms with Gasteiger partial charge >= 0.3 is 0 Å². The molecule has 0 saturated heterocycles. The third-order valence-corrected chi connectivity index (χ3v) is 6.28. The predicted octanol–water partition coefficient (Wildman–Crippen LogP) is 3.49. The minimum atomic E-state index is -0.590. The Morgan fingerprint density at radius 2 is 1.94 bits per heavy atom. The van der Waals surface area contributed by atoms with Crippen molar-refractivity contribution in [1.82, 2.24) is 4.90 Å². The molecule has 31 heavy (non-hydrogen) atoms. The van der Waals surface area contributed by atoms with Gasteiger partial charge in [-0.05, 0) is 50.5 Å². The summed E-state index contributed by atoms with van der Waals surface area (Å²) in [5.41, 5.74) is 1.19. The first-order valence-electron chi connectivity index (χ1n) is 11.6. The Bertz CT molecular complexity index is 703. The molecule has 5 atom stereocenters. The number of aliphatic hydroxyl groups excluding tert-OH is 3. The molecule has 1 saturated carbocycles. The second-order valence-corrected chi connectivity index (χ2v) is 8.60. The quantitative estimate of drug-likeness (QED) is 0.351. The molecule has 3 N–H and O–H groups in total. The number of aliphatic hydroxyl groups is 3. The van der Waals surface area contributed by atoms with Crippen LogP contribution >= 0.6 is 0 Å². The molecule has 2 rings (SSSR count). The van der Waals surface area contributed by atoms with Crippen molar-refractivity contribution in [3.8, 4) is 0 Å². The van der Waals surface area contributed by atoms with Crippen molar-refractivity contribution in [3.63, 3.8) is 0 Å². The van der Waals surface area contributed by atoms with Crippen LogP contribution in [0.3, 0.4) is 0 Å². The molecule has 0 heterocycles. The number of benzene rings is 1. The van der Waals surface area contributed by atoms with E-state index < -0.39 is 18.3 Å². The van der Waals surface area contributed by atoms with Gasteiger partial charge in [0.15, 0.2) is 0 Å². The highest BCUT2D eigenvalue weighted by Gasteiger charge is 2.39. The van der Waals surface area contributed by atoms with Crippen LogP contribution in [0.15, 0.2) is 54.6 Å². The van der Waals surface area contributed by atoms with Gasteiger partial charge in [0.1, 0.15) is 0 Å².